The molecule has 4 rings (SSSR count). The quantitative estimate of drug-likeness (QED) is 0.0809. The third-order valence-electron chi connectivity index (χ3n) is 5.40. The molecule has 1 aliphatic heterocycles. The summed E-state index contributed by atoms with van der Waals surface area (Å²) >= 11 is 0. The van der Waals surface area contributed by atoms with Crippen LogP contribution in [0.4, 0.5) is 11.6 Å². The van der Waals surface area contributed by atoms with Gasteiger partial charge in [0.05, 0.1) is 24.0 Å². The van der Waals surface area contributed by atoms with Crippen LogP contribution in [0.5, 0.6) is 0 Å². The van der Waals surface area contributed by atoms with E-state index in [4.69, 9.17) is 14.5 Å². The van der Waals surface area contributed by atoms with Crippen LogP contribution in [0.25, 0.3) is 11.2 Å². The Bertz CT molecular complexity index is 1660. The van der Waals surface area contributed by atoms with Crippen molar-refractivity contribution in [3.8, 4) is 0 Å². The molecule has 2 unspecified atom stereocenters. The highest BCUT2D eigenvalue weighted by Gasteiger charge is 2.43. The van der Waals surface area contributed by atoms with E-state index in [1.807, 2.05) is 0 Å². The normalized spacial score (nSPS) is 22.3. The molecule has 224 valence electrons. The molecule has 0 radical (unpaired) electrons. The summed E-state index contributed by atoms with van der Waals surface area (Å²) in [5, 5.41) is 24.4. The van der Waals surface area contributed by atoms with Gasteiger partial charge in [0.15, 0.2) is 11.2 Å². The van der Waals surface area contributed by atoms with Gasteiger partial charge in [0, 0.05) is 24.6 Å². The van der Waals surface area contributed by atoms with Crippen molar-refractivity contribution in [2.75, 3.05) is 11.9 Å². The molecule has 24 heteroatoms. The number of phosphoric ester groups is 1. The summed E-state index contributed by atoms with van der Waals surface area (Å²) in [6, 6.07) is 5.93. The minimum atomic E-state index is -5.73. The molecule has 1 fully saturated rings. The molecule has 0 aliphatic carbocycles. The number of nitro benzene ring substituents is 1. The number of H-pyrrole nitrogens is 1. The molecular weight excluding hydrogens is 621 g/mol. The molecule has 5 atom stereocenters. The number of anilines is 1. The van der Waals surface area contributed by atoms with Crippen molar-refractivity contribution < 1.29 is 61.2 Å². The molecular formula is C17H21N6O15P3. The first kappa shape index (κ1) is 31.0. The Labute approximate surface area is 227 Å². The monoisotopic (exact) mass is 642 g/mol. The van der Waals surface area contributed by atoms with Crippen LogP contribution >= 0.6 is 23.5 Å². The number of rotatable bonds is 12. The first-order valence-corrected chi connectivity index (χ1v) is 15.6. The van der Waals surface area contributed by atoms with E-state index in [-0.39, 0.29) is 35.8 Å². The number of hydrogen-bond donors (Lipinski definition) is 7. The number of aromatic amines is 1. The van der Waals surface area contributed by atoms with Gasteiger partial charge in [0.25, 0.3) is 11.2 Å². The number of phosphoric acid groups is 3. The summed E-state index contributed by atoms with van der Waals surface area (Å²) in [7, 11) is -16.8. The number of hydrogen-bond acceptors (Lipinski definition) is 14. The molecule has 21 nitrogen and oxygen atoms in total. The number of imidazole rings is 1. The number of nitrogens with zero attached hydrogens (tertiary/aromatic N) is 4. The van der Waals surface area contributed by atoms with Crippen LogP contribution in [0, 0.1) is 10.1 Å². The molecule has 2 aromatic heterocycles. The fourth-order valence-corrected chi connectivity index (χ4v) is 6.77. The second-order valence-corrected chi connectivity index (χ2v) is 12.7. The van der Waals surface area contributed by atoms with E-state index in [9.17, 15) is 43.5 Å². The van der Waals surface area contributed by atoms with Crippen molar-refractivity contribution in [3.05, 3.63) is 56.6 Å². The third-order valence-corrected chi connectivity index (χ3v) is 9.20. The number of benzene rings is 1. The lowest BCUT2D eigenvalue weighted by atomic mass is 10.2. The Morgan fingerprint density at radius 2 is 1.88 bits per heavy atom. The lowest BCUT2D eigenvalue weighted by Gasteiger charge is -2.19. The van der Waals surface area contributed by atoms with Crippen molar-refractivity contribution >= 4 is 46.3 Å². The Morgan fingerprint density at radius 3 is 2.56 bits per heavy atom. The van der Waals surface area contributed by atoms with E-state index >= 15 is 0 Å². The van der Waals surface area contributed by atoms with Crippen LogP contribution in [0.2, 0.25) is 0 Å². The van der Waals surface area contributed by atoms with Crippen molar-refractivity contribution in [1.82, 2.24) is 19.5 Å². The summed E-state index contributed by atoms with van der Waals surface area (Å²) in [4.78, 5) is 69.9. The van der Waals surface area contributed by atoms with Gasteiger partial charge in [-0.3, -0.25) is 29.0 Å². The first-order valence-electron chi connectivity index (χ1n) is 11.1. The number of aromatic nitrogens is 4. The fraction of sp³-hybridized carbons (Fsp3) is 0.353. The molecule has 1 aliphatic rings. The highest BCUT2D eigenvalue weighted by Crippen LogP contribution is 2.66. The van der Waals surface area contributed by atoms with Crippen LogP contribution < -0.4 is 10.9 Å². The molecule has 0 spiro atoms. The van der Waals surface area contributed by atoms with Gasteiger partial charge in [-0.25, -0.2) is 18.7 Å². The van der Waals surface area contributed by atoms with Gasteiger partial charge in [-0.05, 0) is 0 Å². The number of aliphatic hydroxyl groups is 1. The van der Waals surface area contributed by atoms with E-state index in [0.29, 0.717) is 5.56 Å². The van der Waals surface area contributed by atoms with Crippen molar-refractivity contribution in [1.29, 1.82) is 0 Å². The van der Waals surface area contributed by atoms with Gasteiger partial charge in [-0.2, -0.15) is 13.6 Å². The zero-order valence-corrected chi connectivity index (χ0v) is 22.9. The van der Waals surface area contributed by atoms with E-state index in [0.717, 1.165) is 0 Å². The molecule has 3 heterocycles. The SMILES string of the molecule is O=c1[nH]c(NCc2ccccc2[N+](=O)[O-])nc2c1ncn2[C@H]1C[C@@H](O)[C@@H](COP(=O)(O)OP(=O)(O)OP(=O)(O)O)O1. The lowest BCUT2D eigenvalue weighted by Crippen LogP contribution is -2.26. The number of fused-ring (bicyclic) bond motifs is 1. The zero-order chi connectivity index (χ0) is 30.2. The summed E-state index contributed by atoms with van der Waals surface area (Å²) in [5.74, 6) is -0.0647. The standard InChI is InChI=1S/C17H21N6O15P3/c24-11-5-13(36-12(11)7-35-40(31,32)38-41(33,34)37-39(28,29)30)22-8-19-14-15(22)20-17(21-16(14)25)18-6-9-3-1-2-4-10(9)23(26)27/h1-4,8,11-13,24H,5-7H2,(H,31,32)(H,33,34)(H2,28,29,30)(H2,18,20,21,25)/t11-,12-,13-/m1/s1. The molecule has 41 heavy (non-hydrogen) atoms. The second-order valence-electron chi connectivity index (χ2n) is 8.30. The summed E-state index contributed by atoms with van der Waals surface area (Å²) in [6.45, 7) is -0.967. The average Bonchev–Trinajstić information content (AvgIpc) is 3.42. The number of ether oxygens (including phenoxy) is 1. The Hall–Kier alpha value is -2.90. The maximum atomic E-state index is 12.6. The number of nitro groups is 1. The topological polar surface area (TPSA) is 308 Å². The highest BCUT2D eigenvalue weighted by atomic mass is 31.3. The van der Waals surface area contributed by atoms with Crippen LogP contribution in [0.3, 0.4) is 0 Å². The molecule has 0 bridgehead atoms. The molecule has 0 amide bonds. The van der Waals surface area contributed by atoms with Gasteiger partial charge in [-0.1, -0.05) is 18.2 Å². The van der Waals surface area contributed by atoms with E-state index in [1.54, 1.807) is 6.07 Å². The predicted molar refractivity (Wildman–Crippen MR) is 133 cm³/mol. The zero-order valence-electron chi connectivity index (χ0n) is 20.2. The number of nitrogens with one attached hydrogen (secondary N) is 2. The maximum absolute atomic E-state index is 12.6. The minimum absolute atomic E-state index is 0.00968. The first-order chi connectivity index (χ1) is 19.0. The molecule has 3 aromatic rings. The number of aliphatic hydroxyl groups excluding tert-OH is 1. The van der Waals surface area contributed by atoms with E-state index < -0.39 is 59.0 Å². The molecule has 1 aromatic carbocycles. The minimum Gasteiger partial charge on any atom is -0.390 e. The largest absolute Gasteiger partial charge is 0.490 e. The van der Waals surface area contributed by atoms with Crippen molar-refractivity contribution in [2.24, 2.45) is 0 Å². The second kappa shape index (κ2) is 11.8. The Morgan fingerprint density at radius 1 is 1.17 bits per heavy atom. The van der Waals surface area contributed by atoms with Crippen molar-refractivity contribution in [3.63, 3.8) is 0 Å². The Balaban J connectivity index is 1.45. The number of para-hydroxylation sites is 1. The van der Waals surface area contributed by atoms with Gasteiger partial charge in [-0.15, -0.1) is 0 Å². The summed E-state index contributed by atoms with van der Waals surface area (Å²) in [5.41, 5.74) is -0.624. The van der Waals surface area contributed by atoms with Crippen LogP contribution in [0.15, 0.2) is 35.4 Å². The van der Waals surface area contributed by atoms with Gasteiger partial charge in [0.2, 0.25) is 5.95 Å². The predicted octanol–water partition coefficient (Wildman–Crippen LogP) is 0.632. The lowest BCUT2D eigenvalue weighted by molar-refractivity contribution is -0.385. The molecule has 1 saturated heterocycles. The maximum Gasteiger partial charge on any atom is 0.490 e. The summed E-state index contributed by atoms with van der Waals surface area (Å²) in [6.07, 6.45) is -2.70. The fourth-order valence-electron chi connectivity index (χ4n) is 3.74. The van der Waals surface area contributed by atoms with E-state index in [2.05, 4.69) is 33.4 Å². The highest BCUT2D eigenvalue weighted by molar-refractivity contribution is 7.66. The third kappa shape index (κ3) is 7.89. The Kier molecular flexibility index (Phi) is 8.91. The molecule has 0 saturated carbocycles. The van der Waals surface area contributed by atoms with Gasteiger partial charge >= 0.3 is 23.5 Å². The van der Waals surface area contributed by atoms with E-state index in [1.165, 1.54) is 29.1 Å². The average molecular weight is 642 g/mol. The summed E-state index contributed by atoms with van der Waals surface area (Å²) < 4.78 is 52.8. The smallest absolute Gasteiger partial charge is 0.390 e. The molecule has 7 N–H and O–H groups in total. The van der Waals surface area contributed by atoms with Crippen LogP contribution in [-0.4, -0.2) is 67.9 Å². The van der Waals surface area contributed by atoms with Gasteiger partial charge in [0.1, 0.15) is 12.3 Å². The van der Waals surface area contributed by atoms with Gasteiger partial charge < -0.3 is 34.7 Å². The van der Waals surface area contributed by atoms with Crippen LogP contribution in [0.1, 0.15) is 18.2 Å². The van der Waals surface area contributed by atoms with Crippen LogP contribution in [-0.2, 0) is 38.1 Å². The van der Waals surface area contributed by atoms with Crippen molar-refractivity contribution in [2.45, 2.75) is 31.4 Å².